The summed E-state index contributed by atoms with van der Waals surface area (Å²) in [7, 11) is 0. The Morgan fingerprint density at radius 3 is 2.65 bits per heavy atom. The molecule has 98 valence electrons. The van der Waals surface area contributed by atoms with Crippen LogP contribution in [0.25, 0.3) is 0 Å². The molecule has 1 aliphatic rings. The molecule has 0 spiro atoms. The predicted octanol–water partition coefficient (Wildman–Crippen LogP) is 1.12. The molecule has 0 bridgehead atoms. The number of carboxylic acid groups (broad SMARTS) is 1. The maximum atomic E-state index is 11.9. The fourth-order valence-electron chi connectivity index (χ4n) is 2.17. The van der Waals surface area contributed by atoms with E-state index in [9.17, 15) is 14.7 Å². The van der Waals surface area contributed by atoms with Crippen molar-refractivity contribution in [3.8, 4) is 0 Å². The second-order valence-corrected chi connectivity index (χ2v) is 4.85. The molecule has 2 unspecified atom stereocenters. The first-order chi connectivity index (χ1) is 7.93. The van der Waals surface area contributed by atoms with Crippen molar-refractivity contribution in [2.45, 2.75) is 45.8 Å². The van der Waals surface area contributed by atoms with Gasteiger partial charge in [-0.15, -0.1) is 0 Å². The molecule has 1 heterocycles. The number of hydrogen-bond donors (Lipinski definition) is 1. The zero-order valence-corrected chi connectivity index (χ0v) is 10.7. The van der Waals surface area contributed by atoms with Crippen LogP contribution in [-0.4, -0.2) is 47.2 Å². The molecule has 0 aromatic rings. The Labute approximate surface area is 102 Å². The van der Waals surface area contributed by atoms with Gasteiger partial charge in [0.25, 0.3) is 0 Å². The second kappa shape index (κ2) is 6.00. The van der Waals surface area contributed by atoms with Crippen LogP contribution in [0.1, 0.15) is 33.6 Å². The number of hydrogen-bond acceptors (Lipinski definition) is 3. The van der Waals surface area contributed by atoms with Crippen LogP contribution < -0.4 is 0 Å². The van der Waals surface area contributed by atoms with E-state index in [1.54, 1.807) is 0 Å². The lowest BCUT2D eigenvalue weighted by Gasteiger charge is -2.37. The van der Waals surface area contributed by atoms with E-state index in [4.69, 9.17) is 4.74 Å². The number of rotatable bonds is 4. The number of ether oxygens (including phenoxy) is 1. The van der Waals surface area contributed by atoms with Crippen molar-refractivity contribution < 1.29 is 19.4 Å². The van der Waals surface area contributed by atoms with Gasteiger partial charge in [0, 0.05) is 6.54 Å². The van der Waals surface area contributed by atoms with Crippen molar-refractivity contribution in [2.24, 2.45) is 5.92 Å². The quantitative estimate of drug-likeness (QED) is 0.803. The Morgan fingerprint density at radius 1 is 1.47 bits per heavy atom. The molecule has 5 heteroatoms. The highest BCUT2D eigenvalue weighted by Gasteiger charge is 2.36. The standard InChI is InChI=1S/C12H21NO4/c1-8(2)17-7-10(14)13-6-4-5-9(3)11(13)12(15)16/h8-9,11H,4-7H2,1-3H3,(H,15,16). The molecule has 1 amide bonds. The molecule has 1 saturated heterocycles. The maximum absolute atomic E-state index is 11.9. The van der Waals surface area contributed by atoms with Crippen LogP contribution in [-0.2, 0) is 14.3 Å². The fourth-order valence-corrected chi connectivity index (χ4v) is 2.17. The molecule has 0 saturated carbocycles. The topological polar surface area (TPSA) is 66.8 Å². The van der Waals surface area contributed by atoms with Crippen molar-refractivity contribution in [2.75, 3.05) is 13.2 Å². The minimum absolute atomic E-state index is 0.00394. The first-order valence-electron chi connectivity index (χ1n) is 6.07. The third kappa shape index (κ3) is 3.70. The minimum Gasteiger partial charge on any atom is -0.480 e. The van der Waals surface area contributed by atoms with Gasteiger partial charge in [0.05, 0.1) is 6.10 Å². The van der Waals surface area contributed by atoms with Crippen LogP contribution >= 0.6 is 0 Å². The molecule has 0 aromatic carbocycles. The maximum Gasteiger partial charge on any atom is 0.326 e. The number of piperidine rings is 1. The molecule has 17 heavy (non-hydrogen) atoms. The first-order valence-corrected chi connectivity index (χ1v) is 6.07. The average Bonchev–Trinajstić information content (AvgIpc) is 2.24. The summed E-state index contributed by atoms with van der Waals surface area (Å²) in [5.41, 5.74) is 0. The Morgan fingerprint density at radius 2 is 2.12 bits per heavy atom. The monoisotopic (exact) mass is 243 g/mol. The van der Waals surface area contributed by atoms with Crippen molar-refractivity contribution in [1.29, 1.82) is 0 Å². The van der Waals surface area contributed by atoms with Crippen LogP contribution in [0.3, 0.4) is 0 Å². The summed E-state index contributed by atoms with van der Waals surface area (Å²) in [5.74, 6) is -1.14. The first kappa shape index (κ1) is 14.0. The highest BCUT2D eigenvalue weighted by molar-refractivity contribution is 5.84. The normalized spacial score (nSPS) is 25.1. The summed E-state index contributed by atoms with van der Waals surface area (Å²) in [6.07, 6.45) is 1.69. The highest BCUT2D eigenvalue weighted by atomic mass is 16.5. The van der Waals surface area contributed by atoms with E-state index < -0.39 is 12.0 Å². The van der Waals surface area contributed by atoms with E-state index in [1.165, 1.54) is 4.90 Å². The molecule has 0 radical (unpaired) electrons. The van der Waals surface area contributed by atoms with Gasteiger partial charge in [-0.05, 0) is 32.6 Å². The molecule has 1 rings (SSSR count). The highest BCUT2D eigenvalue weighted by Crippen LogP contribution is 2.23. The third-order valence-electron chi connectivity index (χ3n) is 3.05. The summed E-state index contributed by atoms with van der Waals surface area (Å²) in [6.45, 7) is 6.05. The van der Waals surface area contributed by atoms with Gasteiger partial charge in [-0.3, -0.25) is 4.79 Å². The van der Waals surface area contributed by atoms with E-state index >= 15 is 0 Å². The van der Waals surface area contributed by atoms with Crippen LogP contribution in [0.4, 0.5) is 0 Å². The van der Waals surface area contributed by atoms with E-state index in [1.807, 2.05) is 20.8 Å². The smallest absolute Gasteiger partial charge is 0.326 e. The second-order valence-electron chi connectivity index (χ2n) is 4.85. The number of aliphatic carboxylic acids is 1. The molecule has 1 aliphatic heterocycles. The molecular weight excluding hydrogens is 222 g/mol. The third-order valence-corrected chi connectivity index (χ3v) is 3.05. The summed E-state index contributed by atoms with van der Waals surface area (Å²) >= 11 is 0. The lowest BCUT2D eigenvalue weighted by Crippen LogP contribution is -2.53. The number of nitrogens with zero attached hydrogens (tertiary/aromatic N) is 1. The summed E-state index contributed by atoms with van der Waals surface area (Å²) < 4.78 is 5.24. The lowest BCUT2D eigenvalue weighted by atomic mass is 9.91. The minimum atomic E-state index is -0.921. The summed E-state index contributed by atoms with van der Waals surface area (Å²) in [4.78, 5) is 24.5. The average molecular weight is 243 g/mol. The number of carbonyl (C=O) groups excluding carboxylic acids is 1. The van der Waals surface area contributed by atoms with Crippen molar-refractivity contribution in [3.05, 3.63) is 0 Å². The van der Waals surface area contributed by atoms with Crippen LogP contribution in [0.15, 0.2) is 0 Å². The molecule has 0 aliphatic carbocycles. The Balaban J connectivity index is 2.65. The van der Waals surface area contributed by atoms with E-state index in [0.29, 0.717) is 6.54 Å². The lowest BCUT2D eigenvalue weighted by molar-refractivity contribution is -0.157. The SMILES string of the molecule is CC(C)OCC(=O)N1CCCC(C)C1C(=O)O. The van der Waals surface area contributed by atoms with Gasteiger partial charge in [0.1, 0.15) is 12.6 Å². The Hall–Kier alpha value is -1.10. The van der Waals surface area contributed by atoms with Gasteiger partial charge in [-0.2, -0.15) is 0 Å². The summed E-state index contributed by atoms with van der Waals surface area (Å²) in [6, 6.07) is -0.702. The van der Waals surface area contributed by atoms with Crippen LogP contribution in [0, 0.1) is 5.92 Å². The van der Waals surface area contributed by atoms with E-state index in [-0.39, 0.29) is 24.5 Å². The number of amides is 1. The van der Waals surface area contributed by atoms with Crippen molar-refractivity contribution in [1.82, 2.24) is 4.90 Å². The van der Waals surface area contributed by atoms with Crippen molar-refractivity contribution >= 4 is 11.9 Å². The molecule has 0 aromatic heterocycles. The predicted molar refractivity (Wildman–Crippen MR) is 62.6 cm³/mol. The Kier molecular flexibility index (Phi) is 4.93. The fraction of sp³-hybridized carbons (Fsp3) is 0.833. The van der Waals surface area contributed by atoms with Gasteiger partial charge in [0.15, 0.2) is 0 Å². The summed E-state index contributed by atoms with van der Waals surface area (Å²) in [5, 5.41) is 9.17. The number of likely N-dealkylation sites (tertiary alicyclic amines) is 1. The molecular formula is C12H21NO4. The van der Waals surface area contributed by atoms with Gasteiger partial charge in [0.2, 0.25) is 5.91 Å². The van der Waals surface area contributed by atoms with E-state index in [2.05, 4.69) is 0 Å². The van der Waals surface area contributed by atoms with Crippen LogP contribution in [0.5, 0.6) is 0 Å². The zero-order chi connectivity index (χ0) is 13.0. The van der Waals surface area contributed by atoms with Gasteiger partial charge < -0.3 is 14.7 Å². The Bertz CT molecular complexity index is 290. The van der Waals surface area contributed by atoms with Gasteiger partial charge in [-0.1, -0.05) is 6.92 Å². The number of carbonyl (C=O) groups is 2. The van der Waals surface area contributed by atoms with Gasteiger partial charge in [-0.25, -0.2) is 4.79 Å². The van der Waals surface area contributed by atoms with E-state index in [0.717, 1.165) is 12.8 Å². The van der Waals surface area contributed by atoms with Gasteiger partial charge >= 0.3 is 5.97 Å². The van der Waals surface area contributed by atoms with Crippen LogP contribution in [0.2, 0.25) is 0 Å². The number of carboxylic acids is 1. The molecule has 1 fully saturated rings. The molecule has 1 N–H and O–H groups in total. The largest absolute Gasteiger partial charge is 0.480 e. The van der Waals surface area contributed by atoms with Crippen molar-refractivity contribution in [3.63, 3.8) is 0 Å². The molecule has 5 nitrogen and oxygen atoms in total. The molecule has 2 atom stereocenters. The zero-order valence-electron chi connectivity index (χ0n) is 10.7.